The fraction of sp³-hybridized carbons (Fsp3) is 0.235. The van der Waals surface area contributed by atoms with Crippen LogP contribution >= 0.6 is 0 Å². The first-order chi connectivity index (χ1) is 10.1. The fourth-order valence-corrected chi connectivity index (χ4v) is 2.17. The molecule has 1 atom stereocenters. The highest BCUT2D eigenvalue weighted by Gasteiger charge is 2.11. The number of nitrogens with one attached hydrogen (secondary N) is 1. The quantitative estimate of drug-likeness (QED) is 0.839. The number of anilines is 1. The number of ether oxygens (including phenoxy) is 1. The summed E-state index contributed by atoms with van der Waals surface area (Å²) in [5.41, 5.74) is 2.33. The van der Waals surface area contributed by atoms with Gasteiger partial charge >= 0.3 is 5.97 Å². The van der Waals surface area contributed by atoms with Crippen molar-refractivity contribution in [2.45, 2.75) is 19.4 Å². The van der Waals surface area contributed by atoms with Crippen LogP contribution in [0.25, 0.3) is 0 Å². The molecule has 4 heteroatoms. The van der Waals surface area contributed by atoms with Gasteiger partial charge in [0.1, 0.15) is 5.82 Å². The maximum atomic E-state index is 13.0. The van der Waals surface area contributed by atoms with Crippen LogP contribution in [-0.4, -0.2) is 13.1 Å². The van der Waals surface area contributed by atoms with Crippen LogP contribution in [0.1, 0.15) is 35.3 Å². The summed E-state index contributed by atoms with van der Waals surface area (Å²) >= 11 is 0. The molecular weight excluding hydrogens is 269 g/mol. The van der Waals surface area contributed by atoms with Crippen molar-refractivity contribution >= 4 is 11.7 Å². The van der Waals surface area contributed by atoms with E-state index in [9.17, 15) is 9.18 Å². The van der Waals surface area contributed by atoms with E-state index in [1.807, 2.05) is 13.0 Å². The van der Waals surface area contributed by atoms with Crippen molar-refractivity contribution in [2.24, 2.45) is 0 Å². The Hall–Kier alpha value is -2.36. The van der Waals surface area contributed by atoms with Crippen LogP contribution in [0.3, 0.4) is 0 Å². The number of esters is 1. The van der Waals surface area contributed by atoms with E-state index in [1.54, 1.807) is 30.3 Å². The van der Waals surface area contributed by atoms with Gasteiger partial charge in [-0.2, -0.15) is 0 Å². The largest absolute Gasteiger partial charge is 0.465 e. The third-order valence-electron chi connectivity index (χ3n) is 3.31. The van der Waals surface area contributed by atoms with E-state index in [-0.39, 0.29) is 17.8 Å². The Kier molecular flexibility index (Phi) is 4.93. The van der Waals surface area contributed by atoms with Crippen LogP contribution in [-0.2, 0) is 4.74 Å². The summed E-state index contributed by atoms with van der Waals surface area (Å²) in [4.78, 5) is 11.5. The number of hydrogen-bond donors (Lipinski definition) is 1. The lowest BCUT2D eigenvalue weighted by atomic mass is 10.0. The summed E-state index contributed by atoms with van der Waals surface area (Å²) in [7, 11) is 1.36. The van der Waals surface area contributed by atoms with Gasteiger partial charge in [0.25, 0.3) is 0 Å². The molecule has 21 heavy (non-hydrogen) atoms. The Morgan fingerprint density at radius 2 is 1.95 bits per heavy atom. The zero-order valence-electron chi connectivity index (χ0n) is 12.1. The van der Waals surface area contributed by atoms with E-state index >= 15 is 0 Å². The molecule has 2 aromatic rings. The van der Waals surface area contributed by atoms with Crippen molar-refractivity contribution in [3.8, 4) is 0 Å². The number of hydrogen-bond acceptors (Lipinski definition) is 3. The summed E-state index contributed by atoms with van der Waals surface area (Å²) in [5, 5.41) is 3.35. The summed E-state index contributed by atoms with van der Waals surface area (Å²) in [6.07, 6.45) is 0.841. The SMILES string of the molecule is CCC(Nc1cccc(C(=O)OC)c1)c1ccc(F)cc1. The Balaban J connectivity index is 2.18. The lowest BCUT2D eigenvalue weighted by molar-refractivity contribution is 0.0601. The Morgan fingerprint density at radius 3 is 2.57 bits per heavy atom. The van der Waals surface area contributed by atoms with Crippen molar-refractivity contribution in [3.63, 3.8) is 0 Å². The van der Waals surface area contributed by atoms with Crippen LogP contribution in [0.5, 0.6) is 0 Å². The van der Waals surface area contributed by atoms with E-state index in [1.165, 1.54) is 19.2 Å². The molecule has 0 saturated heterocycles. The molecule has 0 heterocycles. The van der Waals surface area contributed by atoms with Crippen LogP contribution in [0, 0.1) is 5.82 Å². The molecule has 0 aromatic heterocycles. The van der Waals surface area contributed by atoms with Gasteiger partial charge < -0.3 is 10.1 Å². The molecule has 0 amide bonds. The van der Waals surface area contributed by atoms with Gasteiger partial charge in [0.15, 0.2) is 0 Å². The molecule has 0 bridgehead atoms. The van der Waals surface area contributed by atoms with E-state index in [0.717, 1.165) is 17.7 Å². The molecule has 1 unspecified atom stereocenters. The summed E-state index contributed by atoms with van der Waals surface area (Å²) in [5.74, 6) is -0.616. The van der Waals surface area contributed by atoms with Gasteiger partial charge in [-0.25, -0.2) is 9.18 Å². The van der Waals surface area contributed by atoms with E-state index in [2.05, 4.69) is 5.32 Å². The van der Waals surface area contributed by atoms with Gasteiger partial charge in [0.2, 0.25) is 0 Å². The molecule has 2 rings (SSSR count). The van der Waals surface area contributed by atoms with Gasteiger partial charge in [0.05, 0.1) is 18.7 Å². The van der Waals surface area contributed by atoms with Gasteiger partial charge in [-0.3, -0.25) is 0 Å². The Bertz CT molecular complexity index is 610. The highest BCUT2D eigenvalue weighted by molar-refractivity contribution is 5.90. The predicted octanol–water partition coefficient (Wildman–Crippen LogP) is 4.18. The first-order valence-electron chi connectivity index (χ1n) is 6.84. The third kappa shape index (κ3) is 3.81. The normalized spacial score (nSPS) is 11.8. The lowest BCUT2D eigenvalue weighted by Gasteiger charge is -2.19. The first-order valence-corrected chi connectivity index (χ1v) is 6.84. The second-order valence-corrected chi connectivity index (χ2v) is 4.73. The number of methoxy groups -OCH3 is 1. The molecule has 0 aliphatic rings. The molecule has 0 radical (unpaired) electrons. The average molecular weight is 287 g/mol. The van der Waals surface area contributed by atoms with Crippen molar-refractivity contribution in [1.82, 2.24) is 0 Å². The fourth-order valence-electron chi connectivity index (χ4n) is 2.17. The zero-order chi connectivity index (χ0) is 15.2. The maximum Gasteiger partial charge on any atom is 0.337 e. The summed E-state index contributed by atoms with van der Waals surface area (Å²) in [6, 6.07) is 13.6. The molecule has 0 saturated carbocycles. The Labute approximate surface area is 123 Å². The van der Waals surface area contributed by atoms with Crippen molar-refractivity contribution < 1.29 is 13.9 Å². The third-order valence-corrected chi connectivity index (χ3v) is 3.31. The topological polar surface area (TPSA) is 38.3 Å². The lowest BCUT2D eigenvalue weighted by Crippen LogP contribution is -2.10. The molecule has 3 nitrogen and oxygen atoms in total. The highest BCUT2D eigenvalue weighted by Crippen LogP contribution is 2.23. The van der Waals surface area contributed by atoms with Crippen LogP contribution in [0.4, 0.5) is 10.1 Å². The standard InChI is InChI=1S/C17H18FNO2/c1-3-16(12-7-9-14(18)10-8-12)19-15-6-4-5-13(11-15)17(20)21-2/h4-11,16,19H,3H2,1-2H3. The van der Waals surface area contributed by atoms with Gasteiger partial charge in [-0.1, -0.05) is 25.1 Å². The minimum atomic E-state index is -0.367. The number of rotatable bonds is 5. The second kappa shape index (κ2) is 6.88. The van der Waals surface area contributed by atoms with Gasteiger partial charge in [-0.05, 0) is 42.3 Å². The van der Waals surface area contributed by atoms with Crippen molar-refractivity contribution in [2.75, 3.05) is 12.4 Å². The number of benzene rings is 2. The molecular formula is C17H18FNO2. The van der Waals surface area contributed by atoms with Crippen LogP contribution in [0.15, 0.2) is 48.5 Å². The maximum absolute atomic E-state index is 13.0. The average Bonchev–Trinajstić information content (AvgIpc) is 2.53. The molecule has 0 aliphatic heterocycles. The minimum absolute atomic E-state index is 0.0542. The Morgan fingerprint density at radius 1 is 1.24 bits per heavy atom. The predicted molar refractivity (Wildman–Crippen MR) is 80.8 cm³/mol. The monoisotopic (exact) mass is 287 g/mol. The molecule has 0 aliphatic carbocycles. The van der Waals surface area contributed by atoms with E-state index in [0.29, 0.717) is 5.56 Å². The van der Waals surface area contributed by atoms with Gasteiger partial charge in [-0.15, -0.1) is 0 Å². The van der Waals surface area contributed by atoms with Crippen LogP contribution in [0.2, 0.25) is 0 Å². The van der Waals surface area contributed by atoms with E-state index < -0.39 is 0 Å². The minimum Gasteiger partial charge on any atom is -0.465 e. The molecule has 0 spiro atoms. The van der Waals surface area contributed by atoms with Crippen molar-refractivity contribution in [1.29, 1.82) is 0 Å². The second-order valence-electron chi connectivity index (χ2n) is 4.73. The first kappa shape index (κ1) is 15.0. The molecule has 0 fully saturated rings. The molecule has 2 aromatic carbocycles. The summed E-state index contributed by atoms with van der Waals surface area (Å²) in [6.45, 7) is 2.05. The van der Waals surface area contributed by atoms with Gasteiger partial charge in [0, 0.05) is 5.69 Å². The van der Waals surface area contributed by atoms with Crippen LogP contribution < -0.4 is 5.32 Å². The number of halogens is 1. The number of carbonyl (C=O) groups is 1. The zero-order valence-corrected chi connectivity index (χ0v) is 12.1. The smallest absolute Gasteiger partial charge is 0.337 e. The van der Waals surface area contributed by atoms with Crippen molar-refractivity contribution in [3.05, 3.63) is 65.5 Å². The highest BCUT2D eigenvalue weighted by atomic mass is 19.1. The molecule has 1 N–H and O–H groups in total. The van der Waals surface area contributed by atoms with E-state index in [4.69, 9.17) is 4.74 Å². The summed E-state index contributed by atoms with van der Waals surface area (Å²) < 4.78 is 17.7. The molecule has 110 valence electrons. The number of carbonyl (C=O) groups excluding carboxylic acids is 1.